The Bertz CT molecular complexity index is 1220. The van der Waals surface area contributed by atoms with Crippen LogP contribution in [-0.2, 0) is 9.84 Å². The van der Waals surface area contributed by atoms with Crippen molar-refractivity contribution in [3.8, 4) is 11.4 Å². The zero-order valence-corrected chi connectivity index (χ0v) is 19.8. The molecule has 1 unspecified atom stereocenters. The third-order valence-electron chi connectivity index (χ3n) is 6.02. The van der Waals surface area contributed by atoms with Crippen molar-refractivity contribution in [2.75, 3.05) is 26.2 Å². The van der Waals surface area contributed by atoms with Gasteiger partial charge in [-0.05, 0) is 32.9 Å². The summed E-state index contributed by atoms with van der Waals surface area (Å²) in [6.07, 6.45) is 0. The van der Waals surface area contributed by atoms with Crippen molar-refractivity contribution in [3.05, 3.63) is 66.1 Å². The number of benzene rings is 2. The first-order valence-corrected chi connectivity index (χ1v) is 12.6. The number of piperazine rings is 1. The van der Waals surface area contributed by atoms with Gasteiger partial charge in [0.05, 0.1) is 21.8 Å². The summed E-state index contributed by atoms with van der Waals surface area (Å²) in [5.41, 5.74) is 1.13. The average Bonchev–Trinajstić information content (AvgIpc) is 3.34. The molecule has 0 saturated carbocycles. The quantitative estimate of drug-likeness (QED) is 0.547. The Morgan fingerprint density at radius 1 is 0.939 bits per heavy atom. The minimum absolute atomic E-state index is 0.0965. The molecule has 1 aliphatic rings. The van der Waals surface area contributed by atoms with Gasteiger partial charge in [-0.1, -0.05) is 47.6 Å². The SMILES string of the molecule is CC(c1nc(-c2ccccc2)no1)N1CCN(C(=O)c2ccccc2S(=O)(=O)C(C)C)CC1. The Hall–Kier alpha value is -3.04. The smallest absolute Gasteiger partial charge is 0.255 e. The predicted molar refractivity (Wildman–Crippen MR) is 124 cm³/mol. The van der Waals surface area contributed by atoms with Gasteiger partial charge in [-0.2, -0.15) is 4.98 Å². The van der Waals surface area contributed by atoms with Gasteiger partial charge < -0.3 is 9.42 Å². The molecule has 1 saturated heterocycles. The molecule has 2 aromatic carbocycles. The molecule has 0 spiro atoms. The van der Waals surface area contributed by atoms with Crippen LogP contribution in [0.1, 0.15) is 43.1 Å². The van der Waals surface area contributed by atoms with Gasteiger partial charge in [-0.25, -0.2) is 8.42 Å². The lowest BCUT2D eigenvalue weighted by Crippen LogP contribution is -2.49. The minimum atomic E-state index is -3.56. The van der Waals surface area contributed by atoms with Crippen LogP contribution in [0.5, 0.6) is 0 Å². The number of sulfone groups is 1. The zero-order chi connectivity index (χ0) is 23.6. The van der Waals surface area contributed by atoms with E-state index in [1.165, 1.54) is 6.07 Å². The lowest BCUT2D eigenvalue weighted by molar-refractivity contribution is 0.0548. The predicted octanol–water partition coefficient (Wildman–Crippen LogP) is 3.44. The lowest BCUT2D eigenvalue weighted by atomic mass is 10.1. The minimum Gasteiger partial charge on any atom is -0.337 e. The number of amides is 1. The molecule has 3 aromatic rings. The number of rotatable bonds is 6. The molecular formula is C24H28N4O4S. The molecular weight excluding hydrogens is 440 g/mol. The maximum atomic E-state index is 13.2. The third-order valence-corrected chi connectivity index (χ3v) is 8.24. The van der Waals surface area contributed by atoms with E-state index in [1.807, 2.05) is 37.3 Å². The van der Waals surface area contributed by atoms with E-state index in [2.05, 4.69) is 15.0 Å². The highest BCUT2D eigenvalue weighted by Crippen LogP contribution is 2.25. The molecule has 0 bridgehead atoms. The number of carbonyl (C=O) groups excluding carboxylic acids is 1. The first-order chi connectivity index (χ1) is 15.8. The maximum Gasteiger partial charge on any atom is 0.255 e. The van der Waals surface area contributed by atoms with Crippen LogP contribution in [0.15, 0.2) is 64.0 Å². The molecule has 8 nitrogen and oxygen atoms in total. The molecule has 1 aliphatic heterocycles. The highest BCUT2D eigenvalue weighted by atomic mass is 32.2. The molecule has 174 valence electrons. The van der Waals surface area contributed by atoms with Crippen molar-refractivity contribution in [3.63, 3.8) is 0 Å². The molecule has 1 fully saturated rings. The van der Waals surface area contributed by atoms with Gasteiger partial charge >= 0.3 is 0 Å². The fourth-order valence-corrected chi connectivity index (χ4v) is 5.13. The summed E-state index contributed by atoms with van der Waals surface area (Å²) in [6.45, 7) is 7.46. The fraction of sp³-hybridized carbons (Fsp3) is 0.375. The Balaban J connectivity index is 1.44. The highest BCUT2D eigenvalue weighted by Gasteiger charge is 2.31. The number of hydrogen-bond acceptors (Lipinski definition) is 7. The van der Waals surface area contributed by atoms with E-state index in [0.29, 0.717) is 37.9 Å². The van der Waals surface area contributed by atoms with Crippen molar-refractivity contribution in [2.45, 2.75) is 37.0 Å². The van der Waals surface area contributed by atoms with Crippen LogP contribution in [0.2, 0.25) is 0 Å². The summed E-state index contributed by atoms with van der Waals surface area (Å²) >= 11 is 0. The summed E-state index contributed by atoms with van der Waals surface area (Å²) in [5, 5.41) is 3.50. The molecule has 1 atom stereocenters. The second-order valence-electron chi connectivity index (χ2n) is 8.42. The van der Waals surface area contributed by atoms with Crippen LogP contribution in [-0.4, -0.2) is 65.7 Å². The van der Waals surface area contributed by atoms with Crippen molar-refractivity contribution in [1.29, 1.82) is 0 Å². The Kier molecular flexibility index (Phi) is 6.62. The van der Waals surface area contributed by atoms with Gasteiger partial charge in [0.2, 0.25) is 11.7 Å². The first-order valence-electron chi connectivity index (χ1n) is 11.0. The van der Waals surface area contributed by atoms with Crippen LogP contribution in [0, 0.1) is 0 Å². The summed E-state index contributed by atoms with van der Waals surface area (Å²) in [6, 6.07) is 16.0. The topological polar surface area (TPSA) is 96.6 Å². The second kappa shape index (κ2) is 9.44. The fourth-order valence-electron chi connectivity index (χ4n) is 3.89. The van der Waals surface area contributed by atoms with Gasteiger partial charge in [0.1, 0.15) is 0 Å². The van der Waals surface area contributed by atoms with Gasteiger partial charge in [0.15, 0.2) is 9.84 Å². The van der Waals surface area contributed by atoms with E-state index < -0.39 is 15.1 Å². The molecule has 9 heteroatoms. The normalized spacial score (nSPS) is 16.2. The second-order valence-corrected chi connectivity index (χ2v) is 10.9. The highest BCUT2D eigenvalue weighted by molar-refractivity contribution is 7.92. The van der Waals surface area contributed by atoms with E-state index in [0.717, 1.165) is 5.56 Å². The molecule has 1 aromatic heterocycles. The summed E-state index contributed by atoms with van der Waals surface area (Å²) in [5.74, 6) is 0.822. The van der Waals surface area contributed by atoms with Crippen molar-refractivity contribution < 1.29 is 17.7 Å². The summed E-state index contributed by atoms with van der Waals surface area (Å²) in [7, 11) is -3.56. The Morgan fingerprint density at radius 2 is 1.58 bits per heavy atom. The first kappa shape index (κ1) is 23.1. The van der Waals surface area contributed by atoms with Gasteiger partial charge in [-0.15, -0.1) is 0 Å². The molecule has 1 amide bonds. The molecule has 2 heterocycles. The van der Waals surface area contributed by atoms with Gasteiger partial charge in [-0.3, -0.25) is 9.69 Å². The lowest BCUT2D eigenvalue weighted by Gasteiger charge is -2.37. The standard InChI is InChI=1S/C24H28N4O4S/c1-17(2)33(30,31)21-12-8-7-11-20(21)24(29)28-15-13-27(14-16-28)18(3)23-25-22(26-32-23)19-9-5-4-6-10-19/h4-12,17-18H,13-16H2,1-3H3. The van der Waals surface area contributed by atoms with E-state index in [1.54, 1.807) is 36.9 Å². The van der Waals surface area contributed by atoms with Crippen molar-refractivity contribution in [2.24, 2.45) is 0 Å². The number of hydrogen-bond donors (Lipinski definition) is 0. The number of aromatic nitrogens is 2. The van der Waals surface area contributed by atoms with E-state index in [-0.39, 0.29) is 22.4 Å². The molecule has 0 N–H and O–H groups in total. The van der Waals surface area contributed by atoms with Crippen LogP contribution in [0.3, 0.4) is 0 Å². The number of carbonyl (C=O) groups is 1. The largest absolute Gasteiger partial charge is 0.337 e. The molecule has 0 aliphatic carbocycles. The Morgan fingerprint density at radius 3 is 2.24 bits per heavy atom. The zero-order valence-electron chi connectivity index (χ0n) is 19.0. The van der Waals surface area contributed by atoms with Crippen LogP contribution < -0.4 is 0 Å². The average molecular weight is 469 g/mol. The summed E-state index contributed by atoms with van der Waals surface area (Å²) in [4.78, 5) is 21.7. The van der Waals surface area contributed by atoms with Gasteiger partial charge in [0.25, 0.3) is 5.91 Å². The van der Waals surface area contributed by atoms with Gasteiger partial charge in [0, 0.05) is 31.7 Å². The van der Waals surface area contributed by atoms with E-state index in [4.69, 9.17) is 4.52 Å². The van der Waals surface area contributed by atoms with Crippen LogP contribution in [0.4, 0.5) is 0 Å². The number of nitrogens with zero attached hydrogens (tertiary/aromatic N) is 4. The maximum absolute atomic E-state index is 13.2. The third kappa shape index (κ3) is 4.69. The summed E-state index contributed by atoms with van der Waals surface area (Å²) < 4.78 is 31.0. The molecule has 4 rings (SSSR count). The molecule has 33 heavy (non-hydrogen) atoms. The van der Waals surface area contributed by atoms with Crippen LogP contribution >= 0.6 is 0 Å². The van der Waals surface area contributed by atoms with Crippen LogP contribution in [0.25, 0.3) is 11.4 Å². The molecule has 0 radical (unpaired) electrons. The monoisotopic (exact) mass is 468 g/mol. The van der Waals surface area contributed by atoms with Crippen molar-refractivity contribution in [1.82, 2.24) is 19.9 Å². The van der Waals surface area contributed by atoms with E-state index >= 15 is 0 Å². The van der Waals surface area contributed by atoms with E-state index in [9.17, 15) is 13.2 Å². The van der Waals surface area contributed by atoms with Crippen molar-refractivity contribution >= 4 is 15.7 Å². The Labute approximate surface area is 194 Å².